The van der Waals surface area contributed by atoms with Gasteiger partial charge in [0.05, 0.1) is 25.3 Å². The van der Waals surface area contributed by atoms with E-state index < -0.39 is 17.2 Å². The summed E-state index contributed by atoms with van der Waals surface area (Å²) in [6.45, 7) is 3.57. The molecule has 1 atom stereocenters. The van der Waals surface area contributed by atoms with E-state index in [0.717, 1.165) is 16.3 Å². The molecule has 0 aromatic heterocycles. The highest BCUT2D eigenvalue weighted by Crippen LogP contribution is 2.46. The summed E-state index contributed by atoms with van der Waals surface area (Å²) in [5.74, 6) is 0.198. The van der Waals surface area contributed by atoms with Gasteiger partial charge < -0.3 is 23.7 Å². The van der Waals surface area contributed by atoms with Crippen LogP contribution in [0.2, 0.25) is 0 Å². The quantitative estimate of drug-likeness (QED) is 0.158. The normalized spacial score (nSPS) is 16.1. The zero-order valence-corrected chi connectivity index (χ0v) is 21.8. The Hall–Kier alpha value is -4.78. The maximum absolute atomic E-state index is 14.1. The fourth-order valence-electron chi connectivity index (χ4n) is 4.85. The van der Waals surface area contributed by atoms with Crippen LogP contribution in [0.25, 0.3) is 10.8 Å². The van der Waals surface area contributed by atoms with Crippen molar-refractivity contribution in [2.24, 2.45) is 0 Å². The number of carbonyl (C=O) groups is 2. The second-order valence-electron chi connectivity index (χ2n) is 9.08. The minimum Gasteiger partial charge on any atom is -0.496 e. The molecule has 0 radical (unpaired) electrons. The number of methoxy groups -OCH3 is 2. The van der Waals surface area contributed by atoms with Crippen LogP contribution in [0.5, 0.6) is 23.0 Å². The topological polar surface area (TPSA) is 80.3 Å². The van der Waals surface area contributed by atoms with Crippen molar-refractivity contribution in [2.75, 3.05) is 27.4 Å². The molecule has 0 saturated heterocycles. The predicted molar refractivity (Wildman–Crippen MR) is 147 cm³/mol. The van der Waals surface area contributed by atoms with Crippen molar-refractivity contribution < 1.29 is 33.3 Å². The second-order valence-corrected chi connectivity index (χ2v) is 9.08. The van der Waals surface area contributed by atoms with Crippen molar-refractivity contribution in [1.29, 1.82) is 0 Å². The van der Waals surface area contributed by atoms with Crippen LogP contribution in [0.4, 0.5) is 0 Å². The number of carbonyl (C=O) groups excluding carboxylic acids is 2. The summed E-state index contributed by atoms with van der Waals surface area (Å²) in [5.41, 5.74) is -0.364. The average molecular weight is 525 g/mol. The highest BCUT2D eigenvalue weighted by Gasteiger charge is 2.56. The van der Waals surface area contributed by atoms with Gasteiger partial charge >= 0.3 is 5.97 Å². The van der Waals surface area contributed by atoms with E-state index in [1.807, 2.05) is 18.2 Å². The van der Waals surface area contributed by atoms with Gasteiger partial charge in [0.25, 0.3) is 0 Å². The Balaban J connectivity index is 1.48. The van der Waals surface area contributed by atoms with E-state index in [0.29, 0.717) is 29.6 Å². The number of ketones is 1. The number of Topliss-reactive ketones (excluding diaryl/α,β-unsaturated/α-hetero) is 1. The van der Waals surface area contributed by atoms with Gasteiger partial charge in [0.2, 0.25) is 0 Å². The number of esters is 1. The van der Waals surface area contributed by atoms with Gasteiger partial charge in [-0.05, 0) is 46.7 Å². The first kappa shape index (κ1) is 25.9. The molecule has 39 heavy (non-hydrogen) atoms. The summed E-state index contributed by atoms with van der Waals surface area (Å²) in [6, 6.07) is 24.3. The first-order valence-electron chi connectivity index (χ1n) is 12.4. The lowest BCUT2D eigenvalue weighted by Gasteiger charge is -2.36. The molecule has 0 saturated carbocycles. The van der Waals surface area contributed by atoms with Gasteiger partial charge in [-0.2, -0.15) is 0 Å². The lowest BCUT2D eigenvalue weighted by atomic mass is 9.72. The highest BCUT2D eigenvalue weighted by atomic mass is 16.5. The van der Waals surface area contributed by atoms with Gasteiger partial charge in [-0.15, -0.1) is 0 Å². The minimum atomic E-state index is -1.85. The molecule has 5 rings (SSSR count). The second kappa shape index (κ2) is 10.9. The summed E-state index contributed by atoms with van der Waals surface area (Å²) < 4.78 is 28.6. The third-order valence-corrected chi connectivity index (χ3v) is 6.78. The Morgan fingerprint density at radius 1 is 0.949 bits per heavy atom. The lowest BCUT2D eigenvalue weighted by molar-refractivity contribution is -0.148. The molecule has 7 nitrogen and oxygen atoms in total. The van der Waals surface area contributed by atoms with Crippen LogP contribution in [0.1, 0.15) is 21.5 Å². The molecule has 0 fully saturated rings. The van der Waals surface area contributed by atoms with E-state index in [1.54, 1.807) is 36.4 Å². The Labute approximate surface area is 226 Å². The maximum atomic E-state index is 14.1. The largest absolute Gasteiger partial charge is 0.496 e. The van der Waals surface area contributed by atoms with E-state index in [4.69, 9.17) is 23.7 Å². The van der Waals surface area contributed by atoms with Crippen molar-refractivity contribution in [3.05, 3.63) is 108 Å². The number of rotatable bonds is 9. The average Bonchev–Trinajstić information content (AvgIpc) is 2.98. The fraction of sp³-hybridized carbons (Fsp3) is 0.188. The molecule has 1 heterocycles. The standard InChI is InChI=1S/C32H28O7/c1-4-16-37-31(34)32(29-26(35-2)10-7-11-27(29)36-3)20-39-28-18-24(14-15-25(28)30(32)33)38-19-21-12-13-22-8-5-6-9-23(22)17-21/h4-15,17-18H,1,16,19-20H2,2-3H3. The summed E-state index contributed by atoms with van der Waals surface area (Å²) >= 11 is 0. The molecule has 4 aromatic rings. The van der Waals surface area contributed by atoms with Gasteiger partial charge in [0.1, 0.15) is 42.8 Å². The monoisotopic (exact) mass is 524 g/mol. The summed E-state index contributed by atoms with van der Waals surface area (Å²) in [4.78, 5) is 27.7. The van der Waals surface area contributed by atoms with Gasteiger partial charge in [0, 0.05) is 6.07 Å². The molecule has 0 amide bonds. The summed E-state index contributed by atoms with van der Waals surface area (Å²) in [6.07, 6.45) is 1.44. The third-order valence-electron chi connectivity index (χ3n) is 6.78. The Morgan fingerprint density at radius 3 is 2.41 bits per heavy atom. The summed E-state index contributed by atoms with van der Waals surface area (Å²) in [7, 11) is 2.92. The van der Waals surface area contributed by atoms with Crippen molar-refractivity contribution in [3.63, 3.8) is 0 Å². The van der Waals surface area contributed by atoms with Gasteiger partial charge in [0.15, 0.2) is 11.2 Å². The highest BCUT2D eigenvalue weighted by molar-refractivity contribution is 6.20. The Kier molecular flexibility index (Phi) is 7.23. The van der Waals surface area contributed by atoms with Gasteiger partial charge in [-0.3, -0.25) is 9.59 Å². The lowest BCUT2D eigenvalue weighted by Crippen LogP contribution is -2.52. The van der Waals surface area contributed by atoms with Crippen LogP contribution in [0, 0.1) is 0 Å². The first-order chi connectivity index (χ1) is 19.0. The van der Waals surface area contributed by atoms with E-state index in [1.165, 1.54) is 20.3 Å². The molecule has 198 valence electrons. The molecule has 1 aliphatic heterocycles. The maximum Gasteiger partial charge on any atom is 0.328 e. The molecule has 0 aliphatic carbocycles. The molecule has 0 N–H and O–H groups in total. The minimum absolute atomic E-state index is 0.0697. The van der Waals surface area contributed by atoms with E-state index in [9.17, 15) is 9.59 Å². The number of benzene rings is 4. The van der Waals surface area contributed by atoms with E-state index in [-0.39, 0.29) is 24.3 Å². The molecular formula is C32H28O7. The zero-order valence-electron chi connectivity index (χ0n) is 21.8. The van der Waals surface area contributed by atoms with Crippen LogP contribution < -0.4 is 18.9 Å². The van der Waals surface area contributed by atoms with E-state index in [2.05, 4.69) is 30.8 Å². The third kappa shape index (κ3) is 4.68. The molecule has 1 aliphatic rings. The zero-order chi connectivity index (χ0) is 27.4. The summed E-state index contributed by atoms with van der Waals surface area (Å²) in [5, 5.41) is 2.29. The van der Waals surface area contributed by atoms with Crippen LogP contribution >= 0.6 is 0 Å². The van der Waals surface area contributed by atoms with Crippen molar-refractivity contribution >= 4 is 22.5 Å². The van der Waals surface area contributed by atoms with Crippen molar-refractivity contribution in [1.82, 2.24) is 0 Å². The number of hydrogen-bond acceptors (Lipinski definition) is 7. The fourth-order valence-corrected chi connectivity index (χ4v) is 4.85. The Morgan fingerprint density at radius 2 is 1.69 bits per heavy atom. The van der Waals surface area contributed by atoms with E-state index >= 15 is 0 Å². The molecule has 0 bridgehead atoms. The number of ether oxygens (including phenoxy) is 5. The smallest absolute Gasteiger partial charge is 0.328 e. The molecule has 7 heteroatoms. The van der Waals surface area contributed by atoms with Crippen molar-refractivity contribution in [3.8, 4) is 23.0 Å². The molecule has 1 unspecified atom stereocenters. The SMILES string of the molecule is C=CCOC(=O)C1(c2c(OC)cccc2OC)COc2cc(OCc3ccc4ccccc4c3)ccc2C1=O. The molecule has 4 aromatic carbocycles. The molecular weight excluding hydrogens is 496 g/mol. The van der Waals surface area contributed by atoms with Crippen LogP contribution in [-0.2, 0) is 21.6 Å². The predicted octanol–water partition coefficient (Wildman–Crippen LogP) is 5.68. The van der Waals surface area contributed by atoms with Crippen molar-refractivity contribution in [2.45, 2.75) is 12.0 Å². The first-order valence-corrected chi connectivity index (χ1v) is 12.4. The van der Waals surface area contributed by atoms with Gasteiger partial charge in [-0.25, -0.2) is 0 Å². The Bertz CT molecular complexity index is 1540. The van der Waals surface area contributed by atoms with Crippen LogP contribution in [0.15, 0.2) is 91.5 Å². The number of fused-ring (bicyclic) bond motifs is 2. The van der Waals surface area contributed by atoms with Gasteiger partial charge in [-0.1, -0.05) is 55.1 Å². The number of hydrogen-bond donors (Lipinski definition) is 0. The van der Waals surface area contributed by atoms with Crippen LogP contribution in [0.3, 0.4) is 0 Å². The molecule has 0 spiro atoms. The van der Waals surface area contributed by atoms with Crippen LogP contribution in [-0.4, -0.2) is 39.2 Å².